The largest absolute Gasteiger partial charge is 0.490 e. The van der Waals surface area contributed by atoms with E-state index in [1.165, 1.54) is 0 Å². The fraction of sp³-hybridized carbons (Fsp3) is 0.400. The summed E-state index contributed by atoms with van der Waals surface area (Å²) in [6.07, 6.45) is 3.64. The highest BCUT2D eigenvalue weighted by molar-refractivity contribution is 5.54. The third kappa shape index (κ3) is 3.44. The third-order valence-electron chi connectivity index (χ3n) is 2.93. The quantitative estimate of drug-likeness (QED) is 0.844. The molecule has 0 aliphatic carbocycles. The van der Waals surface area contributed by atoms with Crippen LogP contribution in [0.5, 0.6) is 11.5 Å². The van der Waals surface area contributed by atoms with Crippen molar-refractivity contribution in [1.29, 1.82) is 0 Å². The van der Waals surface area contributed by atoms with Crippen LogP contribution in [0.3, 0.4) is 0 Å². The average Bonchev–Trinajstić information content (AvgIpc) is 2.85. The Morgan fingerprint density at radius 1 is 1.15 bits per heavy atom. The molecule has 0 radical (unpaired) electrons. The molecule has 0 bridgehead atoms. The number of hydrogen-bond acceptors (Lipinski definition) is 4. The lowest BCUT2D eigenvalue weighted by molar-refractivity contribution is 0.288. The summed E-state index contributed by atoms with van der Waals surface area (Å²) < 4.78 is 13.1. The van der Waals surface area contributed by atoms with E-state index < -0.39 is 0 Å². The van der Waals surface area contributed by atoms with Gasteiger partial charge in [-0.3, -0.25) is 0 Å². The van der Waals surface area contributed by atoms with E-state index in [2.05, 4.69) is 10.3 Å². The molecule has 1 aromatic heterocycles. The summed E-state index contributed by atoms with van der Waals surface area (Å²) >= 11 is 0. The first-order chi connectivity index (χ1) is 9.74. The van der Waals surface area contributed by atoms with Crippen LogP contribution < -0.4 is 14.8 Å². The van der Waals surface area contributed by atoms with Gasteiger partial charge in [0.25, 0.3) is 0 Å². The molecular weight excluding hydrogens is 254 g/mol. The van der Waals surface area contributed by atoms with Gasteiger partial charge in [0.05, 0.1) is 31.8 Å². The van der Waals surface area contributed by atoms with Gasteiger partial charge >= 0.3 is 0 Å². The minimum absolute atomic E-state index is 0.616. The molecule has 1 N–H and O–H groups in total. The third-order valence-corrected chi connectivity index (χ3v) is 2.93. The van der Waals surface area contributed by atoms with Crippen LogP contribution in [-0.2, 0) is 13.6 Å². The van der Waals surface area contributed by atoms with E-state index in [0.29, 0.717) is 13.2 Å². The van der Waals surface area contributed by atoms with Gasteiger partial charge in [-0.05, 0) is 26.0 Å². The Morgan fingerprint density at radius 3 is 2.55 bits per heavy atom. The molecule has 1 heterocycles. The van der Waals surface area contributed by atoms with Crippen LogP contribution in [0.4, 0.5) is 5.69 Å². The van der Waals surface area contributed by atoms with E-state index >= 15 is 0 Å². The Balaban J connectivity index is 2.08. The summed E-state index contributed by atoms with van der Waals surface area (Å²) in [6, 6.07) is 5.88. The maximum atomic E-state index is 5.61. The van der Waals surface area contributed by atoms with Crippen LogP contribution in [-0.4, -0.2) is 22.8 Å². The minimum atomic E-state index is 0.616. The summed E-state index contributed by atoms with van der Waals surface area (Å²) in [5, 5.41) is 3.36. The Bertz CT molecular complexity index is 552. The first kappa shape index (κ1) is 14.2. The van der Waals surface area contributed by atoms with E-state index in [-0.39, 0.29) is 0 Å². The number of aryl methyl sites for hydroxylation is 1. The van der Waals surface area contributed by atoms with Crippen LogP contribution in [0.15, 0.2) is 30.7 Å². The average molecular weight is 275 g/mol. The van der Waals surface area contributed by atoms with Gasteiger partial charge in [-0.25, -0.2) is 4.98 Å². The van der Waals surface area contributed by atoms with Crippen molar-refractivity contribution >= 4 is 5.69 Å². The van der Waals surface area contributed by atoms with E-state index in [1.807, 2.05) is 49.9 Å². The number of nitrogens with zero attached hydrogens (tertiary/aromatic N) is 2. The van der Waals surface area contributed by atoms with Crippen molar-refractivity contribution in [3.05, 3.63) is 36.4 Å². The molecule has 2 aromatic rings. The van der Waals surface area contributed by atoms with Gasteiger partial charge in [0.1, 0.15) is 0 Å². The number of ether oxygens (including phenoxy) is 2. The molecule has 108 valence electrons. The maximum Gasteiger partial charge on any atom is 0.163 e. The van der Waals surface area contributed by atoms with Gasteiger partial charge in [0, 0.05) is 25.0 Å². The van der Waals surface area contributed by atoms with E-state index in [0.717, 1.165) is 29.4 Å². The predicted molar refractivity (Wildman–Crippen MR) is 79.3 cm³/mol. The molecule has 0 saturated heterocycles. The molecule has 0 atom stereocenters. The van der Waals surface area contributed by atoms with Crippen LogP contribution in [0, 0.1) is 0 Å². The maximum absolute atomic E-state index is 5.61. The van der Waals surface area contributed by atoms with Gasteiger partial charge in [0.2, 0.25) is 0 Å². The summed E-state index contributed by atoms with van der Waals surface area (Å²) in [4.78, 5) is 4.10. The summed E-state index contributed by atoms with van der Waals surface area (Å²) in [6.45, 7) is 5.89. The second-order valence-corrected chi connectivity index (χ2v) is 4.38. The normalized spacial score (nSPS) is 10.3. The van der Waals surface area contributed by atoms with Crippen molar-refractivity contribution in [2.45, 2.75) is 20.4 Å². The predicted octanol–water partition coefficient (Wildman–Crippen LogP) is 2.83. The van der Waals surface area contributed by atoms with E-state index in [4.69, 9.17) is 9.47 Å². The fourth-order valence-electron chi connectivity index (χ4n) is 1.91. The molecule has 2 rings (SSSR count). The molecular formula is C15H21N3O2. The molecule has 5 nitrogen and oxygen atoms in total. The molecule has 0 aliphatic heterocycles. The lowest BCUT2D eigenvalue weighted by atomic mass is 10.2. The van der Waals surface area contributed by atoms with Gasteiger partial charge in [-0.15, -0.1) is 0 Å². The second-order valence-electron chi connectivity index (χ2n) is 4.38. The number of aromatic nitrogens is 2. The molecule has 0 fully saturated rings. The van der Waals surface area contributed by atoms with Gasteiger partial charge in [-0.2, -0.15) is 0 Å². The fourth-order valence-corrected chi connectivity index (χ4v) is 1.91. The van der Waals surface area contributed by atoms with Gasteiger partial charge < -0.3 is 19.4 Å². The molecule has 0 aliphatic rings. The van der Waals surface area contributed by atoms with Crippen molar-refractivity contribution in [3.63, 3.8) is 0 Å². The highest BCUT2D eigenvalue weighted by Gasteiger charge is 2.06. The number of anilines is 1. The molecule has 0 amide bonds. The minimum Gasteiger partial charge on any atom is -0.490 e. The number of rotatable bonds is 7. The topological polar surface area (TPSA) is 48.3 Å². The van der Waals surface area contributed by atoms with Crippen LogP contribution in [0.2, 0.25) is 0 Å². The van der Waals surface area contributed by atoms with Crippen LogP contribution in [0.1, 0.15) is 19.5 Å². The number of imidazole rings is 1. The number of benzene rings is 1. The Labute approximate surface area is 119 Å². The van der Waals surface area contributed by atoms with Crippen molar-refractivity contribution < 1.29 is 9.47 Å². The molecule has 0 spiro atoms. The van der Waals surface area contributed by atoms with Crippen LogP contribution in [0.25, 0.3) is 0 Å². The van der Waals surface area contributed by atoms with Crippen molar-refractivity contribution in [2.24, 2.45) is 7.05 Å². The molecule has 1 aromatic carbocycles. The Morgan fingerprint density at radius 2 is 1.90 bits per heavy atom. The van der Waals surface area contributed by atoms with Crippen LogP contribution >= 0.6 is 0 Å². The first-order valence-electron chi connectivity index (χ1n) is 6.83. The highest BCUT2D eigenvalue weighted by atomic mass is 16.5. The Kier molecular flexibility index (Phi) is 4.87. The monoisotopic (exact) mass is 275 g/mol. The zero-order valence-electron chi connectivity index (χ0n) is 12.2. The lowest BCUT2D eigenvalue weighted by Gasteiger charge is -2.13. The molecule has 5 heteroatoms. The second kappa shape index (κ2) is 6.84. The first-order valence-corrected chi connectivity index (χ1v) is 6.83. The molecule has 0 unspecified atom stereocenters. The van der Waals surface area contributed by atoms with Crippen molar-refractivity contribution in [1.82, 2.24) is 9.55 Å². The van der Waals surface area contributed by atoms with E-state index in [9.17, 15) is 0 Å². The van der Waals surface area contributed by atoms with Gasteiger partial charge in [-0.1, -0.05) is 0 Å². The highest BCUT2D eigenvalue weighted by Crippen LogP contribution is 2.30. The smallest absolute Gasteiger partial charge is 0.163 e. The lowest BCUT2D eigenvalue weighted by Crippen LogP contribution is -2.05. The molecule has 20 heavy (non-hydrogen) atoms. The Hall–Kier alpha value is -2.17. The SMILES string of the molecule is CCOc1ccc(NCc2cncn2C)cc1OCC. The standard InChI is InChI=1S/C15H21N3O2/c1-4-19-14-7-6-12(8-15(14)20-5-2)17-10-13-9-16-11-18(13)3/h6-9,11,17H,4-5,10H2,1-3H3. The summed E-state index contributed by atoms with van der Waals surface area (Å²) in [5.74, 6) is 1.55. The van der Waals surface area contributed by atoms with E-state index in [1.54, 1.807) is 6.33 Å². The number of nitrogens with one attached hydrogen (secondary N) is 1. The van der Waals surface area contributed by atoms with Crippen molar-refractivity contribution in [3.8, 4) is 11.5 Å². The number of hydrogen-bond donors (Lipinski definition) is 1. The summed E-state index contributed by atoms with van der Waals surface area (Å²) in [5.41, 5.74) is 2.12. The van der Waals surface area contributed by atoms with Crippen molar-refractivity contribution in [2.75, 3.05) is 18.5 Å². The van der Waals surface area contributed by atoms with Gasteiger partial charge in [0.15, 0.2) is 11.5 Å². The zero-order valence-corrected chi connectivity index (χ0v) is 12.2. The summed E-state index contributed by atoms with van der Waals surface area (Å²) in [7, 11) is 1.98. The molecule has 0 saturated carbocycles. The zero-order chi connectivity index (χ0) is 14.4.